The molecule has 1 heterocycles. The van der Waals surface area contributed by atoms with Gasteiger partial charge >= 0.3 is 5.97 Å². The van der Waals surface area contributed by atoms with Gasteiger partial charge in [-0.15, -0.1) is 0 Å². The monoisotopic (exact) mass is 400 g/mol. The summed E-state index contributed by atoms with van der Waals surface area (Å²) in [7, 11) is 1.51. The molecule has 1 amide bonds. The van der Waals surface area contributed by atoms with E-state index in [4.69, 9.17) is 25.6 Å². The van der Waals surface area contributed by atoms with E-state index in [2.05, 4.69) is 10.5 Å². The van der Waals surface area contributed by atoms with Crippen molar-refractivity contribution in [2.75, 3.05) is 13.7 Å². The Morgan fingerprint density at radius 1 is 1.14 bits per heavy atom. The third-order valence-electron chi connectivity index (χ3n) is 3.80. The molecule has 0 aliphatic carbocycles. The number of halogens is 1. The number of benzene rings is 2. The third-order valence-corrected chi connectivity index (χ3v) is 4.05. The number of nitrogens with zero attached hydrogens (tertiary/aromatic N) is 1. The molecule has 0 aliphatic rings. The molecule has 144 valence electrons. The second kappa shape index (κ2) is 9.05. The first kappa shape index (κ1) is 19.4. The maximum Gasteiger partial charge on any atom is 0.325 e. The summed E-state index contributed by atoms with van der Waals surface area (Å²) in [6, 6.07) is 15.4. The largest absolute Gasteiger partial charge is 0.497 e. The number of amides is 1. The van der Waals surface area contributed by atoms with Gasteiger partial charge in [-0.05, 0) is 30.3 Å². The number of esters is 1. The van der Waals surface area contributed by atoms with Crippen LogP contribution in [0.5, 0.6) is 5.75 Å². The van der Waals surface area contributed by atoms with Crippen LogP contribution in [0.1, 0.15) is 16.1 Å². The lowest BCUT2D eigenvalue weighted by molar-refractivity contribution is -0.144. The number of methoxy groups -OCH3 is 1. The van der Waals surface area contributed by atoms with Crippen LogP contribution < -0.4 is 10.1 Å². The molecular formula is C20H17ClN2O5. The van der Waals surface area contributed by atoms with Crippen LogP contribution in [-0.4, -0.2) is 30.7 Å². The molecular weight excluding hydrogens is 384 g/mol. The maximum absolute atomic E-state index is 12.1. The van der Waals surface area contributed by atoms with Gasteiger partial charge < -0.3 is 19.3 Å². The van der Waals surface area contributed by atoms with Crippen LogP contribution in [0.4, 0.5) is 0 Å². The van der Waals surface area contributed by atoms with Crippen molar-refractivity contribution in [3.8, 4) is 17.0 Å². The van der Waals surface area contributed by atoms with E-state index >= 15 is 0 Å². The second-order valence-corrected chi connectivity index (χ2v) is 6.20. The zero-order valence-electron chi connectivity index (χ0n) is 15.0. The summed E-state index contributed by atoms with van der Waals surface area (Å²) in [6.45, 7) is -0.358. The zero-order valence-corrected chi connectivity index (χ0v) is 15.7. The van der Waals surface area contributed by atoms with Crippen molar-refractivity contribution in [2.24, 2.45) is 0 Å². The lowest BCUT2D eigenvalue weighted by atomic mass is 10.1. The second-order valence-electron chi connectivity index (χ2n) is 5.76. The molecule has 28 heavy (non-hydrogen) atoms. The van der Waals surface area contributed by atoms with Crippen molar-refractivity contribution in [3.63, 3.8) is 0 Å². The summed E-state index contributed by atoms with van der Waals surface area (Å²) in [5, 5.41) is 7.05. The van der Waals surface area contributed by atoms with Gasteiger partial charge in [-0.25, -0.2) is 0 Å². The fourth-order valence-corrected chi connectivity index (χ4v) is 2.49. The number of carbonyl (C=O) groups is 2. The highest BCUT2D eigenvalue weighted by Crippen LogP contribution is 2.21. The average Bonchev–Trinajstić information content (AvgIpc) is 3.20. The zero-order chi connectivity index (χ0) is 19.9. The number of hydrogen-bond acceptors (Lipinski definition) is 6. The number of ether oxygens (including phenoxy) is 2. The van der Waals surface area contributed by atoms with Gasteiger partial charge in [0.25, 0.3) is 5.91 Å². The topological polar surface area (TPSA) is 90.7 Å². The fourth-order valence-electron chi connectivity index (χ4n) is 2.36. The van der Waals surface area contributed by atoms with Crippen molar-refractivity contribution < 1.29 is 23.6 Å². The Hall–Kier alpha value is -3.32. The summed E-state index contributed by atoms with van der Waals surface area (Å²) in [5.74, 6) is -0.0595. The SMILES string of the molecule is COc1cccc(C(=O)NCC(=O)OCc2cc(-c3ccc(Cl)cc3)no2)c1. The summed E-state index contributed by atoms with van der Waals surface area (Å²) in [6.07, 6.45) is 0. The van der Waals surface area contributed by atoms with Crippen LogP contribution in [-0.2, 0) is 16.1 Å². The third kappa shape index (κ3) is 5.11. The molecule has 8 heteroatoms. The molecule has 7 nitrogen and oxygen atoms in total. The van der Waals surface area contributed by atoms with E-state index in [0.29, 0.717) is 27.8 Å². The van der Waals surface area contributed by atoms with Crippen molar-refractivity contribution in [1.29, 1.82) is 0 Å². The van der Waals surface area contributed by atoms with Gasteiger partial charge in [0.1, 0.15) is 18.0 Å². The summed E-state index contributed by atoms with van der Waals surface area (Å²) >= 11 is 5.86. The average molecular weight is 401 g/mol. The minimum atomic E-state index is -0.597. The van der Waals surface area contributed by atoms with Crippen LogP contribution in [0.2, 0.25) is 5.02 Å². The maximum atomic E-state index is 12.1. The van der Waals surface area contributed by atoms with E-state index < -0.39 is 11.9 Å². The van der Waals surface area contributed by atoms with Crippen molar-refractivity contribution in [1.82, 2.24) is 10.5 Å². The number of nitrogens with one attached hydrogen (secondary N) is 1. The molecule has 0 atom stereocenters. The molecule has 0 unspecified atom stereocenters. The molecule has 0 saturated carbocycles. The lowest BCUT2D eigenvalue weighted by Gasteiger charge is -2.06. The molecule has 1 aromatic heterocycles. The van der Waals surface area contributed by atoms with E-state index in [1.54, 1.807) is 42.5 Å². The van der Waals surface area contributed by atoms with Crippen molar-refractivity contribution in [2.45, 2.75) is 6.61 Å². The molecule has 0 aliphatic heterocycles. The van der Waals surface area contributed by atoms with E-state index in [-0.39, 0.29) is 13.2 Å². The number of rotatable bonds is 7. The standard InChI is InChI=1S/C20H17ClN2O5/c1-26-16-4-2-3-14(9-16)20(25)22-11-19(24)27-12-17-10-18(23-28-17)13-5-7-15(21)8-6-13/h2-10H,11-12H2,1H3,(H,22,25). The summed E-state index contributed by atoms with van der Waals surface area (Å²) in [5.41, 5.74) is 1.82. The van der Waals surface area contributed by atoms with Crippen molar-refractivity contribution >= 4 is 23.5 Å². The van der Waals surface area contributed by atoms with E-state index in [9.17, 15) is 9.59 Å². The Kier molecular flexibility index (Phi) is 6.29. The summed E-state index contributed by atoms with van der Waals surface area (Å²) in [4.78, 5) is 23.9. The lowest BCUT2D eigenvalue weighted by Crippen LogP contribution is -2.30. The Labute approximate surface area is 166 Å². The van der Waals surface area contributed by atoms with Gasteiger partial charge in [0.2, 0.25) is 0 Å². The van der Waals surface area contributed by atoms with Gasteiger partial charge in [-0.2, -0.15) is 0 Å². The van der Waals surface area contributed by atoms with Crippen LogP contribution in [0, 0.1) is 0 Å². The Balaban J connectivity index is 1.48. The highest BCUT2D eigenvalue weighted by atomic mass is 35.5. The van der Waals surface area contributed by atoms with Gasteiger partial charge in [0.05, 0.1) is 7.11 Å². The Morgan fingerprint density at radius 2 is 1.93 bits per heavy atom. The highest BCUT2D eigenvalue weighted by Gasteiger charge is 2.12. The van der Waals surface area contributed by atoms with E-state index in [1.807, 2.05) is 12.1 Å². The predicted octanol–water partition coefficient (Wildman–Crippen LogP) is 3.48. The molecule has 0 radical (unpaired) electrons. The molecule has 0 bridgehead atoms. The van der Waals surface area contributed by atoms with Crippen molar-refractivity contribution in [3.05, 3.63) is 70.9 Å². The molecule has 0 spiro atoms. The molecule has 0 saturated heterocycles. The van der Waals surface area contributed by atoms with Gasteiger partial charge in [-0.1, -0.05) is 35.0 Å². The van der Waals surface area contributed by atoms with E-state index in [0.717, 1.165) is 5.56 Å². The first-order valence-electron chi connectivity index (χ1n) is 8.34. The minimum absolute atomic E-state index is 0.0888. The predicted molar refractivity (Wildman–Crippen MR) is 102 cm³/mol. The molecule has 3 aromatic rings. The van der Waals surface area contributed by atoms with Gasteiger partial charge in [-0.3, -0.25) is 9.59 Å². The van der Waals surface area contributed by atoms with Gasteiger partial charge in [0, 0.05) is 22.2 Å². The first-order chi connectivity index (χ1) is 13.5. The smallest absolute Gasteiger partial charge is 0.325 e. The molecule has 2 aromatic carbocycles. The number of aromatic nitrogens is 1. The Morgan fingerprint density at radius 3 is 2.68 bits per heavy atom. The van der Waals surface area contributed by atoms with Crippen LogP contribution in [0.15, 0.2) is 59.1 Å². The number of hydrogen-bond donors (Lipinski definition) is 1. The van der Waals surface area contributed by atoms with Crippen LogP contribution >= 0.6 is 11.6 Å². The first-order valence-corrected chi connectivity index (χ1v) is 8.72. The Bertz CT molecular complexity index is 969. The fraction of sp³-hybridized carbons (Fsp3) is 0.150. The molecule has 1 N–H and O–H groups in total. The summed E-state index contributed by atoms with van der Waals surface area (Å²) < 4.78 is 15.3. The van der Waals surface area contributed by atoms with Gasteiger partial charge in [0.15, 0.2) is 12.4 Å². The normalized spacial score (nSPS) is 10.4. The number of carbonyl (C=O) groups excluding carboxylic acids is 2. The molecule has 0 fully saturated rings. The van der Waals surface area contributed by atoms with E-state index in [1.165, 1.54) is 7.11 Å². The van der Waals surface area contributed by atoms with Crippen LogP contribution in [0.3, 0.4) is 0 Å². The highest BCUT2D eigenvalue weighted by molar-refractivity contribution is 6.30. The quantitative estimate of drug-likeness (QED) is 0.610. The molecule has 3 rings (SSSR count). The minimum Gasteiger partial charge on any atom is -0.497 e. The van der Waals surface area contributed by atoms with Crippen LogP contribution in [0.25, 0.3) is 11.3 Å².